The molecule has 0 aliphatic rings. The lowest BCUT2D eigenvalue weighted by molar-refractivity contribution is 0.106. The second-order valence-electron chi connectivity index (χ2n) is 5.04. The van der Waals surface area contributed by atoms with Crippen LogP contribution in [-0.2, 0) is 0 Å². The Morgan fingerprint density at radius 2 is 1.95 bits per heavy atom. The number of aliphatic hydroxyl groups is 1. The van der Waals surface area contributed by atoms with Crippen LogP contribution in [0.3, 0.4) is 0 Å². The first-order valence-electron chi connectivity index (χ1n) is 7.29. The van der Waals surface area contributed by atoms with Crippen LogP contribution in [0.1, 0.15) is 24.8 Å². The zero-order valence-electron chi connectivity index (χ0n) is 12.6. The molecule has 0 spiro atoms. The summed E-state index contributed by atoms with van der Waals surface area (Å²) in [4.78, 5) is 0. The molecule has 3 nitrogen and oxygen atoms in total. The monoisotopic (exact) mass is 297 g/mol. The van der Waals surface area contributed by atoms with E-state index in [1.165, 1.54) is 30.6 Å². The van der Waals surface area contributed by atoms with E-state index in [2.05, 4.69) is 11.6 Å². The summed E-state index contributed by atoms with van der Waals surface area (Å²) in [6.45, 7) is 3.94. The molecule has 1 unspecified atom stereocenters. The third-order valence-electron chi connectivity index (χ3n) is 3.05. The molecule has 20 heavy (non-hydrogen) atoms. The first-order valence-corrected chi connectivity index (χ1v) is 8.69. The van der Waals surface area contributed by atoms with E-state index in [1.54, 1.807) is 0 Å². The van der Waals surface area contributed by atoms with Gasteiger partial charge < -0.3 is 15.2 Å². The number of hydrogen-bond donors (Lipinski definition) is 2. The average molecular weight is 297 g/mol. The molecule has 2 N–H and O–H groups in total. The molecule has 1 rings (SSSR count). The van der Waals surface area contributed by atoms with Gasteiger partial charge in [-0.1, -0.05) is 24.1 Å². The third kappa shape index (κ3) is 8.46. The Hall–Kier alpha value is -0.710. The number of benzene rings is 1. The molecule has 0 saturated carbocycles. The Kier molecular flexibility index (Phi) is 9.54. The van der Waals surface area contributed by atoms with Gasteiger partial charge in [0.1, 0.15) is 18.5 Å². The zero-order chi connectivity index (χ0) is 14.6. The number of aliphatic hydroxyl groups excluding tert-OH is 1. The number of aryl methyl sites for hydroxylation is 1. The highest BCUT2D eigenvalue weighted by Crippen LogP contribution is 2.11. The second-order valence-corrected chi connectivity index (χ2v) is 6.02. The van der Waals surface area contributed by atoms with E-state index in [4.69, 9.17) is 4.74 Å². The first-order chi connectivity index (χ1) is 9.72. The molecule has 0 fully saturated rings. The van der Waals surface area contributed by atoms with E-state index < -0.39 is 6.10 Å². The van der Waals surface area contributed by atoms with E-state index in [0.717, 1.165) is 12.3 Å². The predicted molar refractivity (Wildman–Crippen MR) is 87.8 cm³/mol. The number of hydrogen-bond acceptors (Lipinski definition) is 4. The summed E-state index contributed by atoms with van der Waals surface area (Å²) in [6, 6.07) is 7.88. The van der Waals surface area contributed by atoms with Crippen LogP contribution >= 0.6 is 11.8 Å². The van der Waals surface area contributed by atoms with Crippen molar-refractivity contribution >= 4 is 11.8 Å². The van der Waals surface area contributed by atoms with Gasteiger partial charge in [-0.25, -0.2) is 0 Å². The molecular formula is C16H27NO2S. The molecule has 0 amide bonds. The van der Waals surface area contributed by atoms with Crippen molar-refractivity contribution in [3.63, 3.8) is 0 Å². The van der Waals surface area contributed by atoms with Gasteiger partial charge in [0.05, 0.1) is 0 Å². The molecule has 114 valence electrons. The van der Waals surface area contributed by atoms with E-state index in [9.17, 15) is 5.11 Å². The lowest BCUT2D eigenvalue weighted by Gasteiger charge is -2.13. The van der Waals surface area contributed by atoms with Gasteiger partial charge in [-0.05, 0) is 50.5 Å². The second kappa shape index (κ2) is 11.0. The molecule has 0 radical (unpaired) electrons. The maximum atomic E-state index is 9.82. The normalized spacial score (nSPS) is 12.3. The first kappa shape index (κ1) is 17.3. The van der Waals surface area contributed by atoms with E-state index in [0.29, 0.717) is 13.2 Å². The minimum Gasteiger partial charge on any atom is -0.491 e. The number of nitrogens with one attached hydrogen (secondary N) is 1. The summed E-state index contributed by atoms with van der Waals surface area (Å²) >= 11 is 1.90. The summed E-state index contributed by atoms with van der Waals surface area (Å²) in [7, 11) is 0. The van der Waals surface area contributed by atoms with E-state index >= 15 is 0 Å². The molecule has 1 aromatic rings. The minimum atomic E-state index is -0.456. The maximum absolute atomic E-state index is 9.82. The Balaban J connectivity index is 2.00. The highest BCUT2D eigenvalue weighted by molar-refractivity contribution is 7.98. The zero-order valence-corrected chi connectivity index (χ0v) is 13.4. The van der Waals surface area contributed by atoms with Crippen molar-refractivity contribution < 1.29 is 9.84 Å². The SMILES string of the molecule is CSCCCCCNCC(O)COc1ccc(C)cc1. The van der Waals surface area contributed by atoms with Gasteiger partial charge in [0.2, 0.25) is 0 Å². The number of ether oxygens (including phenoxy) is 1. The van der Waals surface area contributed by atoms with Crippen LogP contribution in [0.2, 0.25) is 0 Å². The number of rotatable bonds is 11. The average Bonchev–Trinajstić information content (AvgIpc) is 2.46. The van der Waals surface area contributed by atoms with Crippen LogP contribution in [-0.4, -0.2) is 42.9 Å². The lowest BCUT2D eigenvalue weighted by atomic mass is 10.2. The van der Waals surface area contributed by atoms with Crippen molar-refractivity contribution in [3.8, 4) is 5.75 Å². The fourth-order valence-corrected chi connectivity index (χ4v) is 2.32. The Bertz CT molecular complexity index is 343. The van der Waals surface area contributed by atoms with Crippen molar-refractivity contribution in [2.45, 2.75) is 32.3 Å². The Labute approximate surface area is 127 Å². The molecule has 1 aromatic carbocycles. The molecule has 0 saturated heterocycles. The van der Waals surface area contributed by atoms with Gasteiger partial charge in [-0.2, -0.15) is 11.8 Å². The van der Waals surface area contributed by atoms with Crippen LogP contribution in [0.5, 0.6) is 5.75 Å². The van der Waals surface area contributed by atoms with Gasteiger partial charge in [0.25, 0.3) is 0 Å². The third-order valence-corrected chi connectivity index (χ3v) is 3.74. The standard InChI is InChI=1S/C16H27NO2S/c1-14-6-8-16(9-7-14)19-13-15(18)12-17-10-4-3-5-11-20-2/h6-9,15,17-18H,3-5,10-13H2,1-2H3. The highest BCUT2D eigenvalue weighted by Gasteiger charge is 2.04. The Morgan fingerprint density at radius 1 is 1.20 bits per heavy atom. The summed E-state index contributed by atoms with van der Waals surface area (Å²) in [5.74, 6) is 2.05. The molecule has 0 aliphatic carbocycles. The maximum Gasteiger partial charge on any atom is 0.119 e. The molecule has 0 bridgehead atoms. The largest absolute Gasteiger partial charge is 0.491 e. The summed E-state index contributed by atoms with van der Waals surface area (Å²) in [6.07, 6.45) is 5.39. The van der Waals surface area contributed by atoms with E-state index in [1.807, 2.05) is 43.0 Å². The van der Waals surface area contributed by atoms with E-state index in [-0.39, 0.29) is 0 Å². The summed E-state index contributed by atoms with van der Waals surface area (Å²) in [5, 5.41) is 13.1. The van der Waals surface area contributed by atoms with Gasteiger partial charge in [0.15, 0.2) is 0 Å². The lowest BCUT2D eigenvalue weighted by Crippen LogP contribution is -2.32. The van der Waals surface area contributed by atoms with Crippen LogP contribution in [0.4, 0.5) is 0 Å². The van der Waals surface area contributed by atoms with Gasteiger partial charge in [0, 0.05) is 6.54 Å². The van der Waals surface area contributed by atoms with Gasteiger partial charge in [-0.15, -0.1) is 0 Å². The molecule has 0 aromatic heterocycles. The van der Waals surface area contributed by atoms with Crippen molar-refractivity contribution in [3.05, 3.63) is 29.8 Å². The van der Waals surface area contributed by atoms with Crippen LogP contribution in [0.25, 0.3) is 0 Å². The van der Waals surface area contributed by atoms with Crippen molar-refractivity contribution in [2.75, 3.05) is 31.7 Å². The quantitative estimate of drug-likeness (QED) is 0.616. The van der Waals surface area contributed by atoms with Gasteiger partial charge >= 0.3 is 0 Å². The summed E-state index contributed by atoms with van der Waals surface area (Å²) < 4.78 is 5.54. The fourth-order valence-electron chi connectivity index (χ4n) is 1.83. The van der Waals surface area contributed by atoms with Crippen molar-refractivity contribution in [1.29, 1.82) is 0 Å². The molecule has 4 heteroatoms. The topological polar surface area (TPSA) is 41.5 Å². The predicted octanol–water partition coefficient (Wildman–Crippen LogP) is 2.86. The molecule has 0 aliphatic heterocycles. The van der Waals surface area contributed by atoms with Crippen LogP contribution < -0.4 is 10.1 Å². The fraction of sp³-hybridized carbons (Fsp3) is 0.625. The molecular weight excluding hydrogens is 270 g/mol. The summed E-state index contributed by atoms with van der Waals surface area (Å²) in [5.41, 5.74) is 1.21. The smallest absolute Gasteiger partial charge is 0.119 e. The molecule has 1 atom stereocenters. The number of unbranched alkanes of at least 4 members (excludes halogenated alkanes) is 2. The highest BCUT2D eigenvalue weighted by atomic mass is 32.2. The minimum absolute atomic E-state index is 0.336. The van der Waals surface area contributed by atoms with Crippen molar-refractivity contribution in [1.82, 2.24) is 5.32 Å². The van der Waals surface area contributed by atoms with Crippen molar-refractivity contribution in [2.24, 2.45) is 0 Å². The number of thioether (sulfide) groups is 1. The Morgan fingerprint density at radius 3 is 2.65 bits per heavy atom. The van der Waals surface area contributed by atoms with Gasteiger partial charge in [-0.3, -0.25) is 0 Å². The van der Waals surface area contributed by atoms with Crippen LogP contribution in [0.15, 0.2) is 24.3 Å². The van der Waals surface area contributed by atoms with Crippen LogP contribution in [0, 0.1) is 6.92 Å². The molecule has 0 heterocycles.